The van der Waals surface area contributed by atoms with E-state index in [2.05, 4.69) is 15.5 Å². The summed E-state index contributed by atoms with van der Waals surface area (Å²) in [6, 6.07) is 20.5. The minimum absolute atomic E-state index is 0.226. The van der Waals surface area contributed by atoms with E-state index in [0.717, 1.165) is 22.3 Å². The Morgan fingerprint density at radius 3 is 2.27 bits per heavy atom. The molecule has 0 saturated carbocycles. The molecule has 0 atom stereocenters. The summed E-state index contributed by atoms with van der Waals surface area (Å²) in [5, 5.41) is 11.2. The first kappa shape index (κ1) is 19.4. The molecule has 0 bridgehead atoms. The zero-order valence-electron chi connectivity index (χ0n) is 17.0. The number of nitrogens with zero attached hydrogens (tertiary/aromatic N) is 2. The second kappa shape index (κ2) is 8.21. The summed E-state index contributed by atoms with van der Waals surface area (Å²) < 4.78 is 11.1. The van der Waals surface area contributed by atoms with Gasteiger partial charge in [-0.2, -0.15) is 0 Å². The van der Waals surface area contributed by atoms with Gasteiger partial charge >= 0.3 is 0 Å². The van der Waals surface area contributed by atoms with Crippen molar-refractivity contribution >= 4 is 11.6 Å². The third-order valence-electron chi connectivity index (χ3n) is 4.69. The van der Waals surface area contributed by atoms with Crippen molar-refractivity contribution in [1.29, 1.82) is 0 Å². The Hall–Kier alpha value is -3.93. The van der Waals surface area contributed by atoms with E-state index >= 15 is 0 Å². The van der Waals surface area contributed by atoms with Crippen LogP contribution in [0.15, 0.2) is 71.1 Å². The molecule has 0 radical (unpaired) electrons. The van der Waals surface area contributed by atoms with Gasteiger partial charge < -0.3 is 14.5 Å². The quantitative estimate of drug-likeness (QED) is 0.494. The lowest BCUT2D eigenvalue weighted by Crippen LogP contribution is -2.12. The molecule has 30 heavy (non-hydrogen) atoms. The van der Waals surface area contributed by atoms with E-state index in [1.54, 1.807) is 31.4 Å². The molecule has 1 N–H and O–H groups in total. The minimum atomic E-state index is -0.226. The molecule has 150 valence electrons. The number of ether oxygens (including phenoxy) is 1. The van der Waals surface area contributed by atoms with Gasteiger partial charge in [-0.1, -0.05) is 23.8 Å². The van der Waals surface area contributed by atoms with Crippen molar-refractivity contribution in [3.8, 4) is 28.7 Å². The molecular formula is C24H21N3O3. The normalized spacial score (nSPS) is 10.6. The maximum atomic E-state index is 12.6. The largest absolute Gasteiger partial charge is 0.495 e. The molecule has 0 aliphatic rings. The highest BCUT2D eigenvalue weighted by Crippen LogP contribution is 2.27. The lowest BCUT2D eigenvalue weighted by Gasteiger charge is -2.11. The number of aryl methyl sites for hydroxylation is 2. The van der Waals surface area contributed by atoms with Gasteiger partial charge in [-0.15, -0.1) is 10.2 Å². The molecule has 6 heteroatoms. The predicted molar refractivity (Wildman–Crippen MR) is 116 cm³/mol. The number of hydrogen-bond acceptors (Lipinski definition) is 5. The number of amides is 1. The van der Waals surface area contributed by atoms with Gasteiger partial charge in [-0.05, 0) is 67.9 Å². The third kappa shape index (κ3) is 4.07. The monoisotopic (exact) mass is 399 g/mol. The van der Waals surface area contributed by atoms with Crippen molar-refractivity contribution < 1.29 is 13.9 Å². The highest BCUT2D eigenvalue weighted by atomic mass is 16.5. The summed E-state index contributed by atoms with van der Waals surface area (Å²) in [4.78, 5) is 12.6. The average Bonchev–Trinajstić information content (AvgIpc) is 3.24. The highest BCUT2D eigenvalue weighted by Gasteiger charge is 2.13. The van der Waals surface area contributed by atoms with Gasteiger partial charge in [0.05, 0.1) is 12.8 Å². The van der Waals surface area contributed by atoms with Gasteiger partial charge in [0.1, 0.15) is 5.75 Å². The van der Waals surface area contributed by atoms with Crippen molar-refractivity contribution in [2.24, 2.45) is 0 Å². The summed E-state index contributed by atoms with van der Waals surface area (Å²) in [5.74, 6) is 1.25. The first-order valence-corrected chi connectivity index (χ1v) is 9.50. The molecule has 1 amide bonds. The van der Waals surface area contributed by atoms with Crippen LogP contribution in [0.3, 0.4) is 0 Å². The van der Waals surface area contributed by atoms with Gasteiger partial charge in [0.2, 0.25) is 11.8 Å². The lowest BCUT2D eigenvalue weighted by atomic mass is 10.1. The minimum Gasteiger partial charge on any atom is -0.495 e. The molecule has 4 rings (SSSR count). The van der Waals surface area contributed by atoms with Crippen LogP contribution in [0.2, 0.25) is 0 Å². The molecular weight excluding hydrogens is 378 g/mol. The van der Waals surface area contributed by atoms with Crippen molar-refractivity contribution in [1.82, 2.24) is 10.2 Å². The number of methoxy groups -OCH3 is 1. The molecule has 1 aromatic heterocycles. The molecule has 0 aliphatic carbocycles. The van der Waals surface area contributed by atoms with E-state index in [1.807, 2.05) is 56.3 Å². The van der Waals surface area contributed by atoms with Crippen LogP contribution in [0, 0.1) is 13.8 Å². The SMILES string of the molecule is COc1ccc(C)cc1NC(=O)c1ccc(-c2nnc(-c3cccc(C)c3)o2)cc1. The van der Waals surface area contributed by atoms with Gasteiger partial charge in [0.25, 0.3) is 5.91 Å². The lowest BCUT2D eigenvalue weighted by molar-refractivity contribution is 0.102. The van der Waals surface area contributed by atoms with Crippen LogP contribution in [0.25, 0.3) is 22.9 Å². The Labute approximate surface area is 174 Å². The van der Waals surface area contributed by atoms with Crippen LogP contribution in [-0.4, -0.2) is 23.2 Å². The Morgan fingerprint density at radius 1 is 0.867 bits per heavy atom. The average molecular weight is 399 g/mol. The second-order valence-corrected chi connectivity index (χ2v) is 7.02. The van der Waals surface area contributed by atoms with Crippen molar-refractivity contribution in [2.45, 2.75) is 13.8 Å². The zero-order chi connectivity index (χ0) is 21.1. The fourth-order valence-corrected chi connectivity index (χ4v) is 3.11. The van der Waals surface area contributed by atoms with Crippen LogP contribution < -0.4 is 10.1 Å². The number of rotatable bonds is 5. The zero-order valence-corrected chi connectivity index (χ0v) is 17.0. The van der Waals surface area contributed by atoms with Crippen LogP contribution in [0.5, 0.6) is 5.75 Å². The maximum absolute atomic E-state index is 12.6. The number of benzene rings is 3. The molecule has 1 heterocycles. The predicted octanol–water partition coefficient (Wildman–Crippen LogP) is 5.28. The van der Waals surface area contributed by atoms with E-state index in [0.29, 0.717) is 28.8 Å². The summed E-state index contributed by atoms with van der Waals surface area (Å²) in [6.45, 7) is 3.97. The third-order valence-corrected chi connectivity index (χ3v) is 4.69. The molecule has 0 saturated heterocycles. The van der Waals surface area contributed by atoms with Crippen LogP contribution in [0.4, 0.5) is 5.69 Å². The van der Waals surface area contributed by atoms with E-state index < -0.39 is 0 Å². The van der Waals surface area contributed by atoms with Crippen molar-refractivity contribution in [2.75, 3.05) is 12.4 Å². The van der Waals surface area contributed by atoms with Crippen LogP contribution in [-0.2, 0) is 0 Å². The Morgan fingerprint density at radius 2 is 1.57 bits per heavy atom. The van der Waals surface area contributed by atoms with Crippen molar-refractivity contribution in [3.05, 3.63) is 83.4 Å². The van der Waals surface area contributed by atoms with E-state index in [9.17, 15) is 4.79 Å². The van der Waals surface area contributed by atoms with E-state index in [-0.39, 0.29) is 5.91 Å². The first-order valence-electron chi connectivity index (χ1n) is 9.50. The molecule has 0 aliphatic heterocycles. The summed E-state index contributed by atoms with van der Waals surface area (Å²) in [5.41, 5.74) is 4.91. The van der Waals surface area contributed by atoms with Gasteiger partial charge in [-0.25, -0.2) is 0 Å². The number of hydrogen-bond donors (Lipinski definition) is 1. The van der Waals surface area contributed by atoms with Crippen molar-refractivity contribution in [3.63, 3.8) is 0 Å². The maximum Gasteiger partial charge on any atom is 0.255 e. The Kier molecular flexibility index (Phi) is 5.30. The summed E-state index contributed by atoms with van der Waals surface area (Å²) in [6.07, 6.45) is 0. The standard InChI is InChI=1S/C24H21N3O3/c1-15-5-4-6-19(13-15)24-27-26-23(30-24)18-10-8-17(9-11-18)22(28)25-20-14-16(2)7-12-21(20)29-3/h4-14H,1-3H3,(H,25,28). The molecule has 4 aromatic rings. The number of carbonyl (C=O) groups excluding carboxylic acids is 1. The van der Waals surface area contributed by atoms with Crippen LogP contribution in [0.1, 0.15) is 21.5 Å². The topological polar surface area (TPSA) is 77.2 Å². The smallest absolute Gasteiger partial charge is 0.255 e. The van der Waals surface area contributed by atoms with Gasteiger partial charge in [0.15, 0.2) is 0 Å². The van der Waals surface area contributed by atoms with E-state index in [4.69, 9.17) is 9.15 Å². The molecule has 0 spiro atoms. The molecule has 0 unspecified atom stereocenters. The fourth-order valence-electron chi connectivity index (χ4n) is 3.11. The number of carbonyl (C=O) groups is 1. The fraction of sp³-hybridized carbons (Fsp3) is 0.125. The summed E-state index contributed by atoms with van der Waals surface area (Å²) in [7, 11) is 1.57. The first-order chi connectivity index (χ1) is 14.5. The number of nitrogens with one attached hydrogen (secondary N) is 1. The number of anilines is 1. The van der Waals surface area contributed by atoms with Gasteiger partial charge in [0, 0.05) is 16.7 Å². The molecule has 0 fully saturated rings. The van der Waals surface area contributed by atoms with E-state index in [1.165, 1.54) is 0 Å². The Balaban J connectivity index is 1.52. The molecule has 6 nitrogen and oxygen atoms in total. The van der Waals surface area contributed by atoms with Crippen LogP contribution >= 0.6 is 0 Å². The summed E-state index contributed by atoms with van der Waals surface area (Å²) >= 11 is 0. The Bertz CT molecular complexity index is 1200. The number of aromatic nitrogens is 2. The second-order valence-electron chi connectivity index (χ2n) is 7.02. The highest BCUT2D eigenvalue weighted by molar-refractivity contribution is 6.05. The molecule has 3 aromatic carbocycles. The van der Waals surface area contributed by atoms with Gasteiger partial charge in [-0.3, -0.25) is 4.79 Å².